The Balaban J connectivity index is 6.06. The highest BCUT2D eigenvalue weighted by Crippen LogP contribution is 2.80. The first-order valence-electron chi connectivity index (χ1n) is 5.30. The summed E-state index contributed by atoms with van der Waals surface area (Å²) in [4.78, 5) is 0. The number of thiol groups is 1. The van der Waals surface area contributed by atoms with E-state index in [0.717, 1.165) is 0 Å². The summed E-state index contributed by atoms with van der Waals surface area (Å²) in [6, 6.07) is 0. The number of alkyl halides is 1. The van der Waals surface area contributed by atoms with E-state index in [1.165, 1.54) is 0 Å². The quantitative estimate of drug-likeness (QED) is 0.608. The van der Waals surface area contributed by atoms with Crippen LogP contribution in [0.4, 0.5) is 8.28 Å². The van der Waals surface area contributed by atoms with Gasteiger partial charge in [0.2, 0.25) is 0 Å². The second kappa shape index (κ2) is 4.53. The molecule has 0 aliphatic heterocycles. The highest BCUT2D eigenvalue weighted by molar-refractivity contribution is 8.62. The van der Waals surface area contributed by atoms with Crippen LogP contribution in [0.15, 0.2) is 0 Å². The van der Waals surface area contributed by atoms with Gasteiger partial charge in [0.05, 0.1) is 6.30 Å². The van der Waals surface area contributed by atoms with Crippen molar-refractivity contribution in [3.63, 3.8) is 0 Å². The first-order valence-corrected chi connectivity index (χ1v) is 11.3. The molecule has 0 radical (unpaired) electrons. The van der Waals surface area contributed by atoms with Crippen molar-refractivity contribution >= 4 is 16.8 Å². The lowest BCUT2D eigenvalue weighted by Crippen LogP contribution is -2.63. The van der Waals surface area contributed by atoms with Crippen LogP contribution < -0.4 is 0 Å². The zero-order valence-electron chi connectivity index (χ0n) is 11.8. The topological polar surface area (TPSA) is 9.72 Å². The van der Waals surface area contributed by atoms with Gasteiger partial charge >= 0.3 is 0 Å². The van der Waals surface area contributed by atoms with E-state index in [0.29, 0.717) is 0 Å². The Hall–Kier alpha value is 0.307. The third kappa shape index (κ3) is 1.64. The van der Waals surface area contributed by atoms with Gasteiger partial charge in [-0.25, -0.2) is 0 Å². The summed E-state index contributed by atoms with van der Waals surface area (Å²) < 4.78 is 34.2. The molecule has 16 heavy (non-hydrogen) atoms. The van der Waals surface area contributed by atoms with Crippen molar-refractivity contribution in [1.82, 2.24) is 12.9 Å². The molecule has 0 atom stereocenters. The van der Waals surface area contributed by atoms with Crippen LogP contribution >= 0.6 is 9.55 Å². The maximum absolute atomic E-state index is 16.1. The Bertz CT molecular complexity index is 235. The number of hydrogen-bond acceptors (Lipinski definition) is 3. The number of halogens is 2. The molecule has 0 aromatic rings. The fourth-order valence-electron chi connectivity index (χ4n) is 2.80. The Morgan fingerprint density at radius 1 is 0.875 bits per heavy atom. The van der Waals surface area contributed by atoms with Crippen molar-refractivity contribution in [1.29, 1.82) is 0 Å². The van der Waals surface area contributed by atoms with E-state index >= 15 is 3.89 Å². The lowest BCUT2D eigenvalue weighted by Gasteiger charge is -2.74. The summed E-state index contributed by atoms with van der Waals surface area (Å²) >= 11 is 0. The molecule has 3 nitrogen and oxygen atoms in total. The van der Waals surface area contributed by atoms with Gasteiger partial charge < -0.3 is 0 Å². The van der Waals surface area contributed by atoms with Crippen molar-refractivity contribution in [2.45, 2.75) is 13.1 Å². The zero-order valence-corrected chi connectivity index (χ0v) is 13.6. The molecule has 0 saturated heterocycles. The molecule has 0 spiro atoms. The Morgan fingerprint density at radius 2 is 1.12 bits per heavy atom. The molecule has 102 valence electrons. The fourth-order valence-corrected chi connectivity index (χ4v) is 18.8. The molecule has 7 heteroatoms. The third-order valence-electron chi connectivity index (χ3n) is 3.49. The molecule has 0 heterocycles. The van der Waals surface area contributed by atoms with Gasteiger partial charge in [-0.3, -0.25) is 17.3 Å². The van der Waals surface area contributed by atoms with Crippen LogP contribution in [-0.2, 0) is 0 Å². The predicted molar refractivity (Wildman–Crippen MR) is 74.6 cm³/mol. The van der Waals surface area contributed by atoms with Crippen LogP contribution in [0.2, 0.25) is 13.1 Å². The number of nitrogens with zero attached hydrogens (tertiary/aromatic N) is 3. The van der Waals surface area contributed by atoms with E-state index in [1.807, 2.05) is 0 Å². The lowest BCUT2D eigenvalue weighted by atomic mass is 11.2. The molecular formula is C9H27F2N3SSi. The molecular weight excluding hydrogens is 248 g/mol. The lowest BCUT2D eigenvalue weighted by molar-refractivity contribution is 0.425. The molecule has 0 fully saturated rings. The van der Waals surface area contributed by atoms with E-state index in [4.69, 9.17) is 0 Å². The van der Waals surface area contributed by atoms with Crippen LogP contribution in [0.25, 0.3) is 0 Å². The monoisotopic (exact) mass is 275 g/mol. The van der Waals surface area contributed by atoms with Gasteiger partial charge in [-0.1, -0.05) is 22.6 Å². The van der Waals surface area contributed by atoms with Crippen LogP contribution in [0, 0.1) is 0 Å². The molecule has 0 aliphatic rings. The maximum Gasteiger partial charge on any atom is 0.181 e. The standard InChI is InChI=1S/C9H27F2N3SSi/c1-12(2)15(11,13(3)4,14(5)6)16(7,8)9-10/h15H,9H2,1-8H3. The maximum atomic E-state index is 16.1. The number of hydrogen-bond donors (Lipinski definition) is 1. The van der Waals surface area contributed by atoms with Crippen molar-refractivity contribution in [2.24, 2.45) is 0 Å². The first-order chi connectivity index (χ1) is 6.97. The molecule has 0 amide bonds. The van der Waals surface area contributed by atoms with Gasteiger partial charge in [0.15, 0.2) is 7.22 Å². The van der Waals surface area contributed by atoms with Crippen molar-refractivity contribution in [3.8, 4) is 0 Å². The minimum absolute atomic E-state index is 0.560. The molecule has 0 unspecified atom stereocenters. The summed E-state index contributed by atoms with van der Waals surface area (Å²) in [5, 5.41) is 0. The summed E-state index contributed by atoms with van der Waals surface area (Å²) in [5.41, 5.74) is 0. The van der Waals surface area contributed by atoms with Crippen LogP contribution in [-0.4, -0.2) is 68.7 Å². The van der Waals surface area contributed by atoms with Crippen molar-refractivity contribution in [2.75, 3.05) is 48.6 Å². The summed E-state index contributed by atoms with van der Waals surface area (Å²) in [7, 11) is 3.58. The van der Waals surface area contributed by atoms with E-state index in [1.54, 1.807) is 68.3 Å². The first kappa shape index (κ1) is 16.3. The molecule has 0 aromatic carbocycles. The smallest absolute Gasteiger partial charge is 0.181 e. The van der Waals surface area contributed by atoms with Gasteiger partial charge in [0.1, 0.15) is 0 Å². The third-order valence-corrected chi connectivity index (χ3v) is 20.7. The molecule has 0 N–H and O–H groups in total. The van der Waals surface area contributed by atoms with Crippen molar-refractivity contribution in [3.05, 3.63) is 0 Å². The minimum Gasteiger partial charge on any atom is -0.254 e. The second-order valence-corrected chi connectivity index (χ2v) is 19.4. The zero-order chi connectivity index (χ0) is 13.4. The fraction of sp³-hybridized carbons (Fsp3) is 1.00. The Labute approximate surface area is 100 Å². The van der Waals surface area contributed by atoms with Crippen LogP contribution in [0.3, 0.4) is 0 Å². The minimum atomic E-state index is -3.98. The van der Waals surface area contributed by atoms with Gasteiger partial charge in [0.25, 0.3) is 0 Å². The van der Waals surface area contributed by atoms with Crippen LogP contribution in [0.1, 0.15) is 0 Å². The van der Waals surface area contributed by atoms with E-state index < -0.39 is 23.1 Å². The van der Waals surface area contributed by atoms with Gasteiger partial charge in [0, 0.05) is 0 Å². The van der Waals surface area contributed by atoms with E-state index in [9.17, 15) is 4.39 Å². The average Bonchev–Trinajstić information content (AvgIpc) is 2.14. The van der Waals surface area contributed by atoms with Crippen LogP contribution in [0.5, 0.6) is 0 Å². The highest BCUT2D eigenvalue weighted by atomic mass is 32.5. The summed E-state index contributed by atoms with van der Waals surface area (Å²) in [5.74, 6) is 0. The molecule has 0 saturated carbocycles. The molecule has 0 aliphatic carbocycles. The van der Waals surface area contributed by atoms with Gasteiger partial charge in [-0.05, 0) is 42.3 Å². The average molecular weight is 275 g/mol. The SMILES string of the molecule is CN(C)[SH](F)(N(C)C)(N(C)C)[Si](C)(C)CF. The van der Waals surface area contributed by atoms with Gasteiger partial charge in [-0.15, -0.1) is 0 Å². The molecule has 0 aromatic heterocycles. The summed E-state index contributed by atoms with van der Waals surface area (Å²) in [6.07, 6.45) is -0.560. The largest absolute Gasteiger partial charge is 0.254 e. The molecule has 0 rings (SSSR count). The van der Waals surface area contributed by atoms with E-state index in [-0.39, 0.29) is 0 Å². The number of rotatable bonds is 5. The Morgan fingerprint density at radius 3 is 1.19 bits per heavy atom. The van der Waals surface area contributed by atoms with E-state index in [2.05, 4.69) is 0 Å². The highest BCUT2D eigenvalue weighted by Gasteiger charge is 2.60. The van der Waals surface area contributed by atoms with Gasteiger partial charge in [-0.2, -0.15) is 3.89 Å². The second-order valence-electron chi connectivity index (χ2n) is 5.37. The predicted octanol–water partition coefficient (Wildman–Crippen LogP) is 2.09. The Kier molecular flexibility index (Phi) is 4.61. The normalized spacial score (nSPS) is 16.9. The molecule has 0 bridgehead atoms. The summed E-state index contributed by atoms with van der Waals surface area (Å²) in [6.45, 7) is 3.57. The van der Waals surface area contributed by atoms with Crippen molar-refractivity contribution < 1.29 is 8.28 Å².